The van der Waals surface area contributed by atoms with Crippen LogP contribution in [0.3, 0.4) is 0 Å². The van der Waals surface area contributed by atoms with Crippen LogP contribution in [-0.2, 0) is 4.79 Å². The molecule has 0 saturated heterocycles. The normalized spacial score (nSPS) is 20.4. The van der Waals surface area contributed by atoms with E-state index < -0.39 is 5.97 Å². The molecule has 0 radical (unpaired) electrons. The van der Waals surface area contributed by atoms with Gasteiger partial charge in [-0.15, -0.1) is 0 Å². The van der Waals surface area contributed by atoms with Crippen LogP contribution in [0.4, 0.5) is 0 Å². The van der Waals surface area contributed by atoms with Crippen molar-refractivity contribution in [3.63, 3.8) is 0 Å². The van der Waals surface area contributed by atoms with Gasteiger partial charge < -0.3 is 10.4 Å². The van der Waals surface area contributed by atoms with Crippen molar-refractivity contribution in [2.45, 2.75) is 52.0 Å². The second-order valence-corrected chi connectivity index (χ2v) is 4.43. The fourth-order valence-electron chi connectivity index (χ4n) is 1.97. The average Bonchev–Trinajstić information content (AvgIpc) is 2.86. The third kappa shape index (κ3) is 2.98. The highest BCUT2D eigenvalue weighted by Gasteiger charge is 2.41. The first kappa shape index (κ1) is 11.5. The lowest BCUT2D eigenvalue weighted by atomic mass is 10.0. The third-order valence-corrected chi connectivity index (χ3v) is 3.17. The molecule has 0 bridgehead atoms. The molecule has 0 aromatic heterocycles. The molecule has 1 rings (SSSR count). The van der Waals surface area contributed by atoms with E-state index in [2.05, 4.69) is 12.2 Å². The van der Waals surface area contributed by atoms with Crippen molar-refractivity contribution in [3.8, 4) is 0 Å². The molecule has 0 amide bonds. The molecule has 3 nitrogen and oxygen atoms in total. The monoisotopic (exact) mass is 199 g/mol. The predicted molar refractivity (Wildman–Crippen MR) is 56.3 cm³/mol. The summed E-state index contributed by atoms with van der Waals surface area (Å²) in [5, 5.41) is 12.0. The van der Waals surface area contributed by atoms with Gasteiger partial charge in [0.25, 0.3) is 0 Å². The Labute approximate surface area is 85.9 Å². The van der Waals surface area contributed by atoms with Gasteiger partial charge in [0, 0.05) is 6.54 Å². The number of carboxylic acids is 1. The fraction of sp³-hybridized carbons (Fsp3) is 0.909. The lowest BCUT2D eigenvalue weighted by Crippen LogP contribution is -2.39. The highest BCUT2D eigenvalue weighted by atomic mass is 16.4. The lowest BCUT2D eigenvalue weighted by molar-refractivity contribution is -0.139. The van der Waals surface area contributed by atoms with E-state index >= 15 is 0 Å². The Morgan fingerprint density at radius 2 is 2.14 bits per heavy atom. The average molecular weight is 199 g/mol. The molecule has 1 fully saturated rings. The smallest absolute Gasteiger partial charge is 0.320 e. The molecule has 0 spiro atoms. The van der Waals surface area contributed by atoms with Crippen LogP contribution in [0.2, 0.25) is 0 Å². The van der Waals surface area contributed by atoms with Crippen LogP contribution in [0.5, 0.6) is 0 Å². The van der Waals surface area contributed by atoms with Crippen LogP contribution >= 0.6 is 0 Å². The SMILES string of the molecule is CCCC1(CNC(CC)C(=O)O)CC1. The molecule has 1 aliphatic rings. The molecule has 1 aliphatic carbocycles. The largest absolute Gasteiger partial charge is 0.480 e. The number of carboxylic acid groups (broad SMARTS) is 1. The maximum absolute atomic E-state index is 10.8. The molecule has 3 heteroatoms. The van der Waals surface area contributed by atoms with E-state index in [1.165, 1.54) is 25.7 Å². The van der Waals surface area contributed by atoms with Gasteiger partial charge in [0.15, 0.2) is 0 Å². The minimum atomic E-state index is -0.722. The van der Waals surface area contributed by atoms with Gasteiger partial charge in [-0.05, 0) is 31.1 Å². The summed E-state index contributed by atoms with van der Waals surface area (Å²) >= 11 is 0. The Hall–Kier alpha value is -0.570. The zero-order chi connectivity index (χ0) is 10.6. The van der Waals surface area contributed by atoms with Crippen LogP contribution in [0.15, 0.2) is 0 Å². The van der Waals surface area contributed by atoms with Crippen LogP contribution in [-0.4, -0.2) is 23.7 Å². The zero-order valence-corrected chi connectivity index (χ0v) is 9.18. The van der Waals surface area contributed by atoms with E-state index in [9.17, 15) is 4.79 Å². The molecule has 14 heavy (non-hydrogen) atoms. The lowest BCUT2D eigenvalue weighted by Gasteiger charge is -2.18. The van der Waals surface area contributed by atoms with E-state index in [0.29, 0.717) is 11.8 Å². The van der Waals surface area contributed by atoms with Crippen molar-refractivity contribution < 1.29 is 9.90 Å². The van der Waals surface area contributed by atoms with Crippen LogP contribution in [0, 0.1) is 5.41 Å². The highest BCUT2D eigenvalue weighted by molar-refractivity contribution is 5.73. The van der Waals surface area contributed by atoms with Crippen molar-refractivity contribution in [1.82, 2.24) is 5.32 Å². The number of rotatable bonds is 7. The van der Waals surface area contributed by atoms with Gasteiger partial charge in [0.2, 0.25) is 0 Å². The van der Waals surface area contributed by atoms with Crippen molar-refractivity contribution in [2.75, 3.05) is 6.54 Å². The van der Waals surface area contributed by atoms with Gasteiger partial charge in [0.05, 0.1) is 0 Å². The van der Waals surface area contributed by atoms with E-state index in [1.807, 2.05) is 6.92 Å². The van der Waals surface area contributed by atoms with Crippen molar-refractivity contribution in [2.24, 2.45) is 5.41 Å². The molecule has 0 aromatic carbocycles. The zero-order valence-electron chi connectivity index (χ0n) is 9.18. The summed E-state index contributed by atoms with van der Waals surface area (Å²) < 4.78 is 0. The summed E-state index contributed by atoms with van der Waals surface area (Å²) in [5.74, 6) is -0.722. The van der Waals surface area contributed by atoms with Gasteiger partial charge in [0.1, 0.15) is 6.04 Å². The molecule has 1 saturated carbocycles. The van der Waals surface area contributed by atoms with Crippen LogP contribution in [0.1, 0.15) is 46.0 Å². The number of carbonyl (C=O) groups is 1. The minimum absolute atomic E-state index is 0.357. The second-order valence-electron chi connectivity index (χ2n) is 4.43. The maximum atomic E-state index is 10.8. The summed E-state index contributed by atoms with van der Waals surface area (Å²) in [4.78, 5) is 10.8. The van der Waals surface area contributed by atoms with Crippen molar-refractivity contribution in [3.05, 3.63) is 0 Å². The first-order valence-electron chi connectivity index (χ1n) is 5.60. The highest BCUT2D eigenvalue weighted by Crippen LogP contribution is 2.48. The first-order chi connectivity index (χ1) is 6.63. The van der Waals surface area contributed by atoms with Crippen LogP contribution < -0.4 is 5.32 Å². The maximum Gasteiger partial charge on any atom is 0.320 e. The van der Waals surface area contributed by atoms with Crippen molar-refractivity contribution >= 4 is 5.97 Å². The Morgan fingerprint density at radius 3 is 2.50 bits per heavy atom. The van der Waals surface area contributed by atoms with E-state index in [-0.39, 0.29) is 6.04 Å². The molecule has 82 valence electrons. The summed E-state index contributed by atoms with van der Waals surface area (Å²) in [6, 6.07) is -0.357. The topological polar surface area (TPSA) is 49.3 Å². The Bertz CT molecular complexity index is 199. The summed E-state index contributed by atoms with van der Waals surface area (Å²) in [6.45, 7) is 4.98. The summed E-state index contributed by atoms with van der Waals surface area (Å²) in [7, 11) is 0. The predicted octanol–water partition coefficient (Wildman–Crippen LogP) is 2.02. The quantitative estimate of drug-likeness (QED) is 0.659. The Morgan fingerprint density at radius 1 is 1.50 bits per heavy atom. The molecule has 2 N–H and O–H groups in total. The first-order valence-corrected chi connectivity index (χ1v) is 5.60. The second kappa shape index (κ2) is 4.78. The number of nitrogens with one attached hydrogen (secondary N) is 1. The Balaban J connectivity index is 2.28. The molecule has 0 heterocycles. The van der Waals surface area contributed by atoms with Gasteiger partial charge in [-0.3, -0.25) is 4.79 Å². The molecule has 0 aromatic rings. The number of aliphatic carboxylic acids is 1. The van der Waals surface area contributed by atoms with E-state index in [0.717, 1.165) is 6.54 Å². The minimum Gasteiger partial charge on any atom is -0.480 e. The summed E-state index contributed by atoms with van der Waals surface area (Å²) in [5.41, 5.74) is 0.442. The van der Waals surface area contributed by atoms with E-state index in [4.69, 9.17) is 5.11 Å². The van der Waals surface area contributed by atoms with E-state index in [1.54, 1.807) is 0 Å². The van der Waals surface area contributed by atoms with Gasteiger partial charge in [-0.1, -0.05) is 20.3 Å². The number of hydrogen-bond acceptors (Lipinski definition) is 2. The molecule has 1 unspecified atom stereocenters. The standard InChI is InChI=1S/C11H21NO2/c1-3-5-11(6-7-11)8-12-9(4-2)10(13)14/h9,12H,3-8H2,1-2H3,(H,13,14). The molecular weight excluding hydrogens is 178 g/mol. The Kier molecular flexibility index (Phi) is 3.93. The van der Waals surface area contributed by atoms with Gasteiger partial charge in [-0.25, -0.2) is 0 Å². The number of hydrogen-bond donors (Lipinski definition) is 2. The molecular formula is C11H21NO2. The fourth-order valence-corrected chi connectivity index (χ4v) is 1.97. The third-order valence-electron chi connectivity index (χ3n) is 3.17. The van der Waals surface area contributed by atoms with Gasteiger partial charge >= 0.3 is 5.97 Å². The van der Waals surface area contributed by atoms with Crippen molar-refractivity contribution in [1.29, 1.82) is 0 Å². The molecule has 0 aliphatic heterocycles. The molecule has 1 atom stereocenters. The summed E-state index contributed by atoms with van der Waals surface area (Å²) in [6.07, 6.45) is 5.63. The van der Waals surface area contributed by atoms with Gasteiger partial charge in [-0.2, -0.15) is 0 Å². The van der Waals surface area contributed by atoms with Crippen LogP contribution in [0.25, 0.3) is 0 Å².